The molecule has 0 saturated heterocycles. The zero-order chi connectivity index (χ0) is 19.0. The van der Waals surface area contributed by atoms with E-state index in [0.29, 0.717) is 33.5 Å². The average molecular weight is 400 g/mol. The lowest BCUT2D eigenvalue weighted by atomic mass is 10.1. The third kappa shape index (κ3) is 3.24. The van der Waals surface area contributed by atoms with Gasteiger partial charge in [0.25, 0.3) is 5.56 Å². The molecule has 1 aromatic carbocycles. The fourth-order valence-corrected chi connectivity index (χ4v) is 4.53. The van der Waals surface area contributed by atoms with Crippen molar-refractivity contribution in [3.8, 4) is 11.1 Å². The van der Waals surface area contributed by atoms with E-state index in [4.69, 9.17) is 10.4 Å². The minimum atomic E-state index is -0.269. The fourth-order valence-electron chi connectivity index (χ4n) is 2.68. The van der Waals surface area contributed by atoms with Crippen molar-refractivity contribution in [2.24, 2.45) is 0 Å². The molecule has 3 heterocycles. The van der Waals surface area contributed by atoms with E-state index < -0.39 is 0 Å². The van der Waals surface area contributed by atoms with Gasteiger partial charge < -0.3 is 10.4 Å². The van der Waals surface area contributed by atoms with Gasteiger partial charge in [0.05, 0.1) is 10.6 Å². The number of thiophene rings is 1. The molecule has 0 amide bonds. The Balaban J connectivity index is 1.73. The highest BCUT2D eigenvalue weighted by Gasteiger charge is 2.21. The Morgan fingerprint density at radius 3 is 2.78 bits per heavy atom. The van der Waals surface area contributed by atoms with E-state index in [2.05, 4.69) is 15.1 Å². The number of nitrogen functional groups attached to an aromatic ring is 1. The van der Waals surface area contributed by atoms with Gasteiger partial charge in [0.2, 0.25) is 5.89 Å². The molecule has 1 unspecified atom stereocenters. The Kier molecular flexibility index (Phi) is 4.71. The molecule has 0 aliphatic heterocycles. The van der Waals surface area contributed by atoms with Crippen molar-refractivity contribution in [2.45, 2.75) is 30.7 Å². The molecule has 4 rings (SSSR count). The fraction of sp³-hybridized carbons (Fsp3) is 0.222. The lowest BCUT2D eigenvalue weighted by molar-refractivity contribution is 0.375. The first kappa shape index (κ1) is 17.7. The van der Waals surface area contributed by atoms with Gasteiger partial charge in [-0.25, -0.2) is 9.66 Å². The number of aromatic nitrogens is 4. The first-order valence-electron chi connectivity index (χ1n) is 8.42. The molecular formula is C18H17N5O2S2. The second-order valence-electron chi connectivity index (χ2n) is 5.93. The van der Waals surface area contributed by atoms with Crippen molar-refractivity contribution in [1.82, 2.24) is 19.8 Å². The maximum Gasteiger partial charge on any atom is 0.282 e. The predicted octanol–water partition coefficient (Wildman–Crippen LogP) is 3.64. The zero-order valence-corrected chi connectivity index (χ0v) is 16.4. The monoisotopic (exact) mass is 399 g/mol. The summed E-state index contributed by atoms with van der Waals surface area (Å²) in [6.45, 7) is 3.87. The molecule has 4 aromatic rings. The third-order valence-corrected chi connectivity index (χ3v) is 6.05. The van der Waals surface area contributed by atoms with E-state index in [0.717, 1.165) is 15.8 Å². The summed E-state index contributed by atoms with van der Waals surface area (Å²) in [6.07, 6.45) is 0.699. The highest BCUT2D eigenvalue weighted by molar-refractivity contribution is 7.99. The highest BCUT2D eigenvalue weighted by Crippen LogP contribution is 2.35. The summed E-state index contributed by atoms with van der Waals surface area (Å²) in [5.74, 6) is 7.21. The van der Waals surface area contributed by atoms with Crippen molar-refractivity contribution in [3.05, 3.63) is 57.8 Å². The second kappa shape index (κ2) is 7.16. The van der Waals surface area contributed by atoms with Crippen molar-refractivity contribution < 1.29 is 4.52 Å². The molecule has 138 valence electrons. The van der Waals surface area contributed by atoms with Crippen molar-refractivity contribution in [3.63, 3.8) is 0 Å². The van der Waals surface area contributed by atoms with Crippen LogP contribution in [-0.4, -0.2) is 19.8 Å². The third-order valence-electron chi connectivity index (χ3n) is 4.12. The number of thioether (sulfide) groups is 1. The molecule has 0 saturated carbocycles. The maximum atomic E-state index is 12.9. The van der Waals surface area contributed by atoms with Crippen LogP contribution >= 0.6 is 23.1 Å². The molecule has 27 heavy (non-hydrogen) atoms. The van der Waals surface area contributed by atoms with Crippen LogP contribution in [0, 0.1) is 0 Å². The molecule has 0 fully saturated rings. The number of rotatable bonds is 5. The Labute approximate surface area is 163 Å². The lowest BCUT2D eigenvalue weighted by Gasteiger charge is -2.10. The van der Waals surface area contributed by atoms with Crippen LogP contribution in [0.4, 0.5) is 0 Å². The maximum absolute atomic E-state index is 12.9. The first-order valence-corrected chi connectivity index (χ1v) is 10.2. The molecule has 0 bridgehead atoms. The lowest BCUT2D eigenvalue weighted by Crippen LogP contribution is -2.29. The largest absolute Gasteiger partial charge is 0.338 e. The second-order valence-corrected chi connectivity index (χ2v) is 8.09. The van der Waals surface area contributed by atoms with Crippen LogP contribution in [0.25, 0.3) is 21.3 Å². The summed E-state index contributed by atoms with van der Waals surface area (Å²) in [5.41, 5.74) is 1.55. The molecule has 0 aliphatic rings. The van der Waals surface area contributed by atoms with Crippen LogP contribution in [0.5, 0.6) is 0 Å². The Hall–Kier alpha value is -2.65. The molecule has 0 spiro atoms. The topological polar surface area (TPSA) is 99.8 Å². The molecule has 0 radical (unpaired) electrons. The van der Waals surface area contributed by atoms with E-state index in [1.54, 1.807) is 0 Å². The minimum Gasteiger partial charge on any atom is -0.338 e. The quantitative estimate of drug-likeness (QED) is 0.311. The van der Waals surface area contributed by atoms with E-state index in [9.17, 15) is 4.79 Å². The van der Waals surface area contributed by atoms with Crippen molar-refractivity contribution in [2.75, 3.05) is 5.84 Å². The molecular weight excluding hydrogens is 382 g/mol. The van der Waals surface area contributed by atoms with E-state index in [1.807, 2.05) is 49.6 Å². The van der Waals surface area contributed by atoms with Crippen molar-refractivity contribution in [1.29, 1.82) is 0 Å². The van der Waals surface area contributed by atoms with Gasteiger partial charge in [0.15, 0.2) is 11.0 Å². The Morgan fingerprint density at radius 1 is 1.30 bits per heavy atom. The minimum absolute atomic E-state index is 0.175. The van der Waals surface area contributed by atoms with E-state index >= 15 is 0 Å². The molecule has 2 N–H and O–H groups in total. The predicted molar refractivity (Wildman–Crippen MR) is 107 cm³/mol. The van der Waals surface area contributed by atoms with Gasteiger partial charge in [-0.3, -0.25) is 4.79 Å². The summed E-state index contributed by atoms with van der Waals surface area (Å²) < 4.78 is 6.37. The summed E-state index contributed by atoms with van der Waals surface area (Å²) in [5, 5.41) is 6.63. The summed E-state index contributed by atoms with van der Waals surface area (Å²) >= 11 is 2.75. The number of benzene rings is 1. The van der Waals surface area contributed by atoms with Gasteiger partial charge in [-0.2, -0.15) is 4.98 Å². The Bertz CT molecular complexity index is 1150. The average Bonchev–Trinajstić information content (AvgIpc) is 3.33. The van der Waals surface area contributed by atoms with Gasteiger partial charge in [0.1, 0.15) is 4.83 Å². The SMILES string of the molecule is CCc1noc(C(C)Sc2nc3scc(-c4ccccc4)c3c(=O)n2N)n1. The van der Waals surface area contributed by atoms with Gasteiger partial charge in [-0.15, -0.1) is 11.3 Å². The van der Waals surface area contributed by atoms with Crippen LogP contribution in [-0.2, 0) is 6.42 Å². The molecule has 1 atom stereocenters. The number of hydrogen-bond acceptors (Lipinski definition) is 8. The summed E-state index contributed by atoms with van der Waals surface area (Å²) in [4.78, 5) is 22.5. The molecule has 3 aromatic heterocycles. The van der Waals surface area contributed by atoms with E-state index in [1.165, 1.54) is 23.1 Å². The number of aryl methyl sites for hydroxylation is 1. The first-order chi connectivity index (χ1) is 13.1. The number of nitrogens with two attached hydrogens (primary N) is 1. The number of hydrogen-bond donors (Lipinski definition) is 1. The van der Waals surface area contributed by atoms with Crippen LogP contribution < -0.4 is 11.4 Å². The molecule has 9 heteroatoms. The van der Waals surface area contributed by atoms with Gasteiger partial charge in [0, 0.05) is 17.4 Å². The molecule has 0 aliphatic carbocycles. The highest BCUT2D eigenvalue weighted by atomic mass is 32.2. The van der Waals surface area contributed by atoms with E-state index in [-0.39, 0.29) is 10.8 Å². The zero-order valence-electron chi connectivity index (χ0n) is 14.7. The summed E-state index contributed by atoms with van der Waals surface area (Å²) in [6, 6.07) is 9.75. The van der Waals surface area contributed by atoms with Gasteiger partial charge >= 0.3 is 0 Å². The van der Waals surface area contributed by atoms with Gasteiger partial charge in [-0.1, -0.05) is 54.2 Å². The molecule has 7 nitrogen and oxygen atoms in total. The van der Waals surface area contributed by atoms with Crippen LogP contribution in [0.3, 0.4) is 0 Å². The van der Waals surface area contributed by atoms with Gasteiger partial charge in [-0.05, 0) is 12.5 Å². The standard InChI is InChI=1S/C18H17N5O2S2/c1-3-13-20-15(25-22-13)10(2)27-18-21-16-14(17(24)23(18)19)12(9-26-16)11-7-5-4-6-8-11/h4-10H,3,19H2,1-2H3. The number of fused-ring (bicyclic) bond motifs is 1. The summed E-state index contributed by atoms with van der Waals surface area (Å²) in [7, 11) is 0. The van der Waals surface area contributed by atoms with Crippen LogP contribution in [0.1, 0.15) is 30.8 Å². The van der Waals surface area contributed by atoms with Crippen molar-refractivity contribution >= 4 is 33.3 Å². The smallest absolute Gasteiger partial charge is 0.282 e. The normalized spacial score (nSPS) is 12.5. The van der Waals surface area contributed by atoms with Crippen LogP contribution in [0.2, 0.25) is 0 Å². The Morgan fingerprint density at radius 2 is 2.07 bits per heavy atom. The van der Waals surface area contributed by atoms with Crippen LogP contribution in [0.15, 0.2) is 50.2 Å². The number of nitrogens with zero attached hydrogens (tertiary/aromatic N) is 4.